The van der Waals surface area contributed by atoms with Crippen molar-refractivity contribution in [1.29, 1.82) is 0 Å². The third-order valence-electron chi connectivity index (χ3n) is 5.13. The van der Waals surface area contributed by atoms with Gasteiger partial charge in [0.25, 0.3) is 11.6 Å². The van der Waals surface area contributed by atoms with Crippen LogP contribution in [0.1, 0.15) is 43.1 Å². The zero-order valence-electron chi connectivity index (χ0n) is 18.2. The monoisotopic (exact) mass is 435 g/mol. The molecule has 0 fully saturated rings. The van der Waals surface area contributed by atoms with Crippen LogP contribution < -0.4 is 10.2 Å². The maximum absolute atomic E-state index is 12.0. The van der Waals surface area contributed by atoms with E-state index in [4.69, 9.17) is 9.15 Å². The molecule has 0 aliphatic heterocycles. The van der Waals surface area contributed by atoms with Crippen LogP contribution in [0.15, 0.2) is 64.1 Å². The molecule has 0 spiro atoms. The number of hydrogen-bond donors (Lipinski definition) is 1. The van der Waals surface area contributed by atoms with E-state index in [1.165, 1.54) is 23.9 Å². The topological polar surface area (TPSA) is 107 Å². The van der Waals surface area contributed by atoms with Gasteiger partial charge in [-0.05, 0) is 60.7 Å². The van der Waals surface area contributed by atoms with Crippen molar-refractivity contribution in [2.45, 2.75) is 33.1 Å². The number of hydrazone groups is 1. The molecule has 8 heteroatoms. The van der Waals surface area contributed by atoms with E-state index in [1.807, 2.05) is 24.3 Å². The molecular formula is C24H25N3O5. The molecule has 1 aromatic heterocycles. The van der Waals surface area contributed by atoms with E-state index >= 15 is 0 Å². The van der Waals surface area contributed by atoms with Crippen molar-refractivity contribution in [3.63, 3.8) is 0 Å². The molecule has 0 aliphatic carbocycles. The first-order chi connectivity index (χ1) is 15.4. The molecular weight excluding hydrogens is 410 g/mol. The van der Waals surface area contributed by atoms with Crippen molar-refractivity contribution in [3.05, 3.63) is 81.6 Å². The molecule has 0 saturated carbocycles. The number of furan rings is 1. The molecule has 1 N–H and O–H groups in total. The summed E-state index contributed by atoms with van der Waals surface area (Å²) >= 11 is 0. The van der Waals surface area contributed by atoms with Crippen LogP contribution in [0.25, 0.3) is 11.3 Å². The Kier molecular flexibility index (Phi) is 7.38. The van der Waals surface area contributed by atoms with Crippen LogP contribution in [0.5, 0.6) is 5.75 Å². The average Bonchev–Trinajstić information content (AvgIpc) is 3.26. The van der Waals surface area contributed by atoms with Crippen LogP contribution in [0.2, 0.25) is 0 Å². The van der Waals surface area contributed by atoms with E-state index < -0.39 is 10.8 Å². The first kappa shape index (κ1) is 22.7. The number of nitrogens with one attached hydrogen (secondary N) is 1. The van der Waals surface area contributed by atoms with Crippen molar-refractivity contribution in [2.75, 3.05) is 6.61 Å². The van der Waals surface area contributed by atoms with Crippen LogP contribution in [0, 0.1) is 17.0 Å². The highest BCUT2D eigenvalue weighted by atomic mass is 16.6. The molecule has 1 atom stereocenters. The third kappa shape index (κ3) is 5.81. The normalized spacial score (nSPS) is 12.0. The SMILES string of the molecule is CCC(C)c1ccc(OCC(=O)NN=Cc2ccc(-c3ccc([N+](=O)[O-])cc3C)o2)cc1. The van der Waals surface area contributed by atoms with Gasteiger partial charge in [-0.3, -0.25) is 14.9 Å². The predicted molar refractivity (Wildman–Crippen MR) is 122 cm³/mol. The van der Waals surface area contributed by atoms with Gasteiger partial charge in [0.15, 0.2) is 6.61 Å². The van der Waals surface area contributed by atoms with Crippen LogP contribution in [-0.4, -0.2) is 23.7 Å². The highest BCUT2D eigenvalue weighted by Crippen LogP contribution is 2.28. The fraction of sp³-hybridized carbons (Fsp3) is 0.250. The molecule has 1 unspecified atom stereocenters. The van der Waals surface area contributed by atoms with E-state index in [9.17, 15) is 14.9 Å². The summed E-state index contributed by atoms with van der Waals surface area (Å²) in [7, 11) is 0. The molecule has 32 heavy (non-hydrogen) atoms. The largest absolute Gasteiger partial charge is 0.484 e. The first-order valence-corrected chi connectivity index (χ1v) is 10.3. The fourth-order valence-corrected chi connectivity index (χ4v) is 3.08. The van der Waals surface area contributed by atoms with Gasteiger partial charge in [0.05, 0.1) is 11.1 Å². The Bertz CT molecular complexity index is 1120. The van der Waals surface area contributed by atoms with Gasteiger partial charge >= 0.3 is 0 Å². The minimum atomic E-state index is -0.439. The summed E-state index contributed by atoms with van der Waals surface area (Å²) in [4.78, 5) is 22.4. The van der Waals surface area contributed by atoms with Gasteiger partial charge in [-0.1, -0.05) is 26.0 Å². The zero-order chi connectivity index (χ0) is 23.1. The molecule has 0 radical (unpaired) electrons. The van der Waals surface area contributed by atoms with Gasteiger partial charge in [0, 0.05) is 17.7 Å². The van der Waals surface area contributed by atoms with Gasteiger partial charge in [0.2, 0.25) is 0 Å². The molecule has 2 aromatic carbocycles. The average molecular weight is 435 g/mol. The van der Waals surface area contributed by atoms with Crippen molar-refractivity contribution in [2.24, 2.45) is 5.10 Å². The summed E-state index contributed by atoms with van der Waals surface area (Å²) in [6.45, 7) is 5.92. The molecule has 166 valence electrons. The Balaban J connectivity index is 1.51. The summed E-state index contributed by atoms with van der Waals surface area (Å²) in [6.07, 6.45) is 2.44. The number of rotatable bonds is 9. The molecule has 1 heterocycles. The number of benzene rings is 2. The molecule has 0 aliphatic rings. The second kappa shape index (κ2) is 10.4. The minimum absolute atomic E-state index is 0.0241. The molecule has 1 amide bonds. The summed E-state index contributed by atoms with van der Waals surface area (Å²) in [5, 5.41) is 14.8. The number of nitrogens with zero attached hydrogens (tertiary/aromatic N) is 2. The number of ether oxygens (including phenoxy) is 1. The van der Waals surface area contributed by atoms with E-state index in [1.54, 1.807) is 25.1 Å². The number of amides is 1. The van der Waals surface area contributed by atoms with Gasteiger partial charge in [0.1, 0.15) is 17.3 Å². The van der Waals surface area contributed by atoms with Crippen LogP contribution >= 0.6 is 0 Å². The third-order valence-corrected chi connectivity index (χ3v) is 5.13. The predicted octanol–water partition coefficient (Wildman–Crippen LogP) is 5.21. The number of nitro benzene ring substituents is 1. The highest BCUT2D eigenvalue weighted by Gasteiger charge is 2.12. The number of aryl methyl sites for hydroxylation is 1. The molecule has 3 rings (SSSR count). The fourth-order valence-electron chi connectivity index (χ4n) is 3.08. The number of carbonyl (C=O) groups is 1. The smallest absolute Gasteiger partial charge is 0.277 e. The lowest BCUT2D eigenvalue weighted by molar-refractivity contribution is -0.384. The van der Waals surface area contributed by atoms with Crippen molar-refractivity contribution >= 4 is 17.8 Å². The van der Waals surface area contributed by atoms with Crippen molar-refractivity contribution in [1.82, 2.24) is 5.43 Å². The summed E-state index contributed by atoms with van der Waals surface area (Å²) in [6, 6.07) is 15.7. The summed E-state index contributed by atoms with van der Waals surface area (Å²) in [5.74, 6) is 1.68. The molecule has 8 nitrogen and oxygen atoms in total. The van der Waals surface area contributed by atoms with Crippen LogP contribution in [0.3, 0.4) is 0 Å². The van der Waals surface area contributed by atoms with Crippen LogP contribution in [0.4, 0.5) is 5.69 Å². The zero-order valence-corrected chi connectivity index (χ0v) is 18.2. The first-order valence-electron chi connectivity index (χ1n) is 10.3. The lowest BCUT2D eigenvalue weighted by Gasteiger charge is -2.10. The Morgan fingerprint density at radius 1 is 1.22 bits per heavy atom. The van der Waals surface area contributed by atoms with E-state index in [0.717, 1.165) is 17.5 Å². The van der Waals surface area contributed by atoms with Crippen LogP contribution in [-0.2, 0) is 4.79 Å². The molecule has 0 saturated heterocycles. The van der Waals surface area contributed by atoms with E-state index in [0.29, 0.717) is 23.2 Å². The Labute approximate surface area is 186 Å². The number of non-ortho nitro benzene ring substituents is 1. The maximum atomic E-state index is 12.0. The lowest BCUT2D eigenvalue weighted by atomic mass is 9.99. The number of carbonyl (C=O) groups excluding carboxylic acids is 1. The summed E-state index contributed by atoms with van der Waals surface area (Å²) in [5.41, 5.74) is 5.11. The number of hydrogen-bond acceptors (Lipinski definition) is 6. The van der Waals surface area contributed by atoms with Gasteiger partial charge in [-0.15, -0.1) is 0 Å². The molecule has 0 bridgehead atoms. The Morgan fingerprint density at radius 3 is 2.62 bits per heavy atom. The molecule has 3 aromatic rings. The van der Waals surface area contributed by atoms with Crippen molar-refractivity contribution in [3.8, 4) is 17.1 Å². The Hall–Kier alpha value is -3.94. The maximum Gasteiger partial charge on any atom is 0.277 e. The lowest BCUT2D eigenvalue weighted by Crippen LogP contribution is -2.24. The van der Waals surface area contributed by atoms with Gasteiger partial charge in [-0.25, -0.2) is 5.43 Å². The number of nitro groups is 1. The minimum Gasteiger partial charge on any atom is -0.484 e. The van der Waals surface area contributed by atoms with Crippen molar-refractivity contribution < 1.29 is 18.9 Å². The second-order valence-electron chi connectivity index (χ2n) is 7.42. The summed E-state index contributed by atoms with van der Waals surface area (Å²) < 4.78 is 11.2. The van der Waals surface area contributed by atoms with Gasteiger partial charge < -0.3 is 9.15 Å². The Morgan fingerprint density at radius 2 is 1.97 bits per heavy atom. The second-order valence-corrected chi connectivity index (χ2v) is 7.42. The van der Waals surface area contributed by atoms with E-state index in [-0.39, 0.29) is 12.3 Å². The van der Waals surface area contributed by atoms with Gasteiger partial charge in [-0.2, -0.15) is 5.10 Å². The standard InChI is InChI=1S/C24H25N3O5/c1-4-16(2)18-5-8-20(9-6-18)31-15-24(28)26-25-14-21-10-12-23(32-21)22-11-7-19(27(29)30)13-17(22)3/h5-14,16H,4,15H2,1-3H3,(H,26,28). The highest BCUT2D eigenvalue weighted by molar-refractivity contribution is 5.81. The quantitative estimate of drug-likeness (QED) is 0.282. The van der Waals surface area contributed by atoms with E-state index in [2.05, 4.69) is 24.4 Å².